The maximum atomic E-state index is 9.84. The summed E-state index contributed by atoms with van der Waals surface area (Å²) in [7, 11) is 0. The average Bonchev–Trinajstić information content (AvgIpc) is 2.09. The van der Waals surface area contributed by atoms with Crippen molar-refractivity contribution >= 4 is 24.0 Å². The van der Waals surface area contributed by atoms with Gasteiger partial charge in [0.2, 0.25) is 0 Å². The molecule has 0 amide bonds. The molecule has 0 heterocycles. The van der Waals surface area contributed by atoms with Crippen molar-refractivity contribution in [3.05, 3.63) is 40.4 Å². The van der Waals surface area contributed by atoms with Gasteiger partial charge in [-0.2, -0.15) is 0 Å². The molecule has 1 rings (SSSR count). The lowest BCUT2D eigenvalue weighted by Gasteiger charge is -2.15. The van der Waals surface area contributed by atoms with Crippen LogP contribution in [0.4, 0.5) is 0 Å². The lowest BCUT2D eigenvalue weighted by atomic mass is 9.98. The predicted molar refractivity (Wildman–Crippen MR) is 71.5 cm³/mol. The molecule has 0 fully saturated rings. The molecule has 0 aromatic heterocycles. The van der Waals surface area contributed by atoms with Gasteiger partial charge in [-0.05, 0) is 38.0 Å². The summed E-state index contributed by atoms with van der Waals surface area (Å²) in [5.74, 6) is 0.230. The SMILES string of the molecule is C=C(C)C[C@H](N)c1cc(Cl)cc(C)c1O.Cl. The molecule has 16 heavy (non-hydrogen) atoms. The Morgan fingerprint density at radius 3 is 2.62 bits per heavy atom. The van der Waals surface area contributed by atoms with Gasteiger partial charge in [0.1, 0.15) is 5.75 Å². The molecule has 1 atom stereocenters. The molecular weight excluding hydrogens is 245 g/mol. The van der Waals surface area contributed by atoms with Crippen LogP contribution in [0.5, 0.6) is 5.75 Å². The predicted octanol–water partition coefficient (Wildman–Crippen LogP) is 3.74. The van der Waals surface area contributed by atoms with Gasteiger partial charge in [-0.1, -0.05) is 17.2 Å². The van der Waals surface area contributed by atoms with E-state index in [0.717, 1.165) is 11.1 Å². The van der Waals surface area contributed by atoms with E-state index in [1.807, 2.05) is 6.92 Å². The van der Waals surface area contributed by atoms with Crippen LogP contribution in [0.15, 0.2) is 24.3 Å². The molecule has 1 aromatic carbocycles. The molecule has 3 N–H and O–H groups in total. The zero-order valence-corrected chi connectivity index (χ0v) is 11.0. The molecule has 0 aliphatic heterocycles. The lowest BCUT2D eigenvalue weighted by molar-refractivity contribution is 0.457. The first-order valence-electron chi connectivity index (χ1n) is 4.80. The van der Waals surface area contributed by atoms with Crippen molar-refractivity contribution in [2.45, 2.75) is 26.3 Å². The van der Waals surface area contributed by atoms with Gasteiger partial charge in [0.15, 0.2) is 0 Å². The van der Waals surface area contributed by atoms with Crippen LogP contribution in [-0.2, 0) is 0 Å². The Morgan fingerprint density at radius 1 is 1.56 bits per heavy atom. The summed E-state index contributed by atoms with van der Waals surface area (Å²) >= 11 is 5.91. The highest BCUT2D eigenvalue weighted by atomic mass is 35.5. The van der Waals surface area contributed by atoms with Crippen molar-refractivity contribution in [2.75, 3.05) is 0 Å². The van der Waals surface area contributed by atoms with Crippen molar-refractivity contribution in [2.24, 2.45) is 5.73 Å². The van der Waals surface area contributed by atoms with E-state index in [-0.39, 0.29) is 24.2 Å². The zero-order valence-electron chi connectivity index (χ0n) is 9.46. The number of benzene rings is 1. The summed E-state index contributed by atoms with van der Waals surface area (Å²) in [4.78, 5) is 0. The molecule has 0 bridgehead atoms. The molecule has 0 saturated heterocycles. The summed E-state index contributed by atoms with van der Waals surface area (Å²) in [5.41, 5.74) is 8.37. The third-order valence-corrected chi connectivity index (χ3v) is 2.48. The van der Waals surface area contributed by atoms with Gasteiger partial charge in [-0.25, -0.2) is 0 Å². The second-order valence-corrected chi connectivity index (χ2v) is 4.36. The molecule has 0 spiro atoms. The summed E-state index contributed by atoms with van der Waals surface area (Å²) in [6.45, 7) is 7.52. The third-order valence-electron chi connectivity index (χ3n) is 2.26. The smallest absolute Gasteiger partial charge is 0.123 e. The van der Waals surface area contributed by atoms with Gasteiger partial charge < -0.3 is 10.8 Å². The fraction of sp³-hybridized carbons (Fsp3) is 0.333. The maximum absolute atomic E-state index is 9.84. The van der Waals surface area contributed by atoms with Gasteiger partial charge in [0.25, 0.3) is 0 Å². The summed E-state index contributed by atoms with van der Waals surface area (Å²) in [6, 6.07) is 3.17. The number of aromatic hydroxyl groups is 1. The number of hydrogen-bond donors (Lipinski definition) is 2. The molecule has 4 heteroatoms. The highest BCUT2D eigenvalue weighted by molar-refractivity contribution is 6.30. The minimum absolute atomic E-state index is 0. The van der Waals surface area contributed by atoms with E-state index in [0.29, 0.717) is 17.0 Å². The number of phenolic OH excluding ortho intramolecular Hbond substituents is 1. The van der Waals surface area contributed by atoms with Crippen molar-refractivity contribution < 1.29 is 5.11 Å². The van der Waals surface area contributed by atoms with Crippen molar-refractivity contribution in [3.8, 4) is 5.75 Å². The molecule has 0 radical (unpaired) electrons. The molecular formula is C12H17Cl2NO. The number of phenols is 1. The Labute approximate surface area is 108 Å². The second-order valence-electron chi connectivity index (χ2n) is 3.93. The molecule has 90 valence electrons. The number of rotatable bonds is 3. The highest BCUT2D eigenvalue weighted by Gasteiger charge is 2.13. The first kappa shape index (κ1) is 15.3. The van der Waals surface area contributed by atoms with Crippen LogP contribution in [0.1, 0.15) is 30.5 Å². The third kappa shape index (κ3) is 3.71. The number of aryl methyl sites for hydroxylation is 1. The fourth-order valence-electron chi connectivity index (χ4n) is 1.53. The molecule has 0 aliphatic carbocycles. The Kier molecular flexibility index (Phi) is 5.87. The highest BCUT2D eigenvalue weighted by Crippen LogP contribution is 2.32. The zero-order chi connectivity index (χ0) is 11.6. The Bertz CT molecular complexity index is 391. The monoisotopic (exact) mass is 261 g/mol. The minimum atomic E-state index is -0.250. The second kappa shape index (κ2) is 6.14. The average molecular weight is 262 g/mol. The fourth-order valence-corrected chi connectivity index (χ4v) is 1.81. The van der Waals surface area contributed by atoms with Crippen LogP contribution in [-0.4, -0.2) is 5.11 Å². The van der Waals surface area contributed by atoms with E-state index in [1.165, 1.54) is 0 Å². The van der Waals surface area contributed by atoms with E-state index in [1.54, 1.807) is 19.1 Å². The topological polar surface area (TPSA) is 46.2 Å². The van der Waals surface area contributed by atoms with Gasteiger partial charge in [0, 0.05) is 16.6 Å². The Hall–Kier alpha value is -0.700. The van der Waals surface area contributed by atoms with E-state index in [4.69, 9.17) is 17.3 Å². The largest absolute Gasteiger partial charge is 0.507 e. The van der Waals surface area contributed by atoms with Crippen LogP contribution >= 0.6 is 24.0 Å². The summed E-state index contributed by atoms with van der Waals surface area (Å²) in [5, 5.41) is 10.4. The normalized spacial score (nSPS) is 11.8. The van der Waals surface area contributed by atoms with E-state index in [2.05, 4.69) is 6.58 Å². The van der Waals surface area contributed by atoms with E-state index >= 15 is 0 Å². The molecule has 0 aliphatic rings. The van der Waals surface area contributed by atoms with Gasteiger partial charge >= 0.3 is 0 Å². The maximum Gasteiger partial charge on any atom is 0.123 e. The number of hydrogen-bond acceptors (Lipinski definition) is 2. The first-order valence-corrected chi connectivity index (χ1v) is 5.18. The quantitative estimate of drug-likeness (QED) is 0.815. The van der Waals surface area contributed by atoms with Crippen LogP contribution in [0.3, 0.4) is 0 Å². The number of halogens is 2. The van der Waals surface area contributed by atoms with Crippen molar-refractivity contribution in [1.29, 1.82) is 0 Å². The van der Waals surface area contributed by atoms with Crippen molar-refractivity contribution in [3.63, 3.8) is 0 Å². The van der Waals surface area contributed by atoms with E-state index < -0.39 is 0 Å². The standard InChI is InChI=1S/C12H16ClNO.ClH/c1-7(2)4-11(14)10-6-9(13)5-8(3)12(10)15;/h5-6,11,15H,1,4,14H2,2-3H3;1H/t11-;/m0./s1. The molecule has 0 saturated carbocycles. The van der Waals surface area contributed by atoms with Crippen LogP contribution in [0, 0.1) is 6.92 Å². The van der Waals surface area contributed by atoms with Crippen molar-refractivity contribution in [1.82, 2.24) is 0 Å². The van der Waals surface area contributed by atoms with Gasteiger partial charge in [0.05, 0.1) is 0 Å². The Morgan fingerprint density at radius 2 is 2.12 bits per heavy atom. The number of nitrogens with two attached hydrogens (primary N) is 1. The van der Waals surface area contributed by atoms with Gasteiger partial charge in [-0.15, -0.1) is 19.0 Å². The van der Waals surface area contributed by atoms with E-state index in [9.17, 15) is 5.11 Å². The Balaban J connectivity index is 0.00000225. The first-order chi connectivity index (χ1) is 6.91. The minimum Gasteiger partial charge on any atom is -0.507 e. The molecule has 2 nitrogen and oxygen atoms in total. The van der Waals surface area contributed by atoms with Crippen LogP contribution in [0.2, 0.25) is 5.02 Å². The molecule has 1 aromatic rings. The van der Waals surface area contributed by atoms with Crippen LogP contribution < -0.4 is 5.73 Å². The molecule has 0 unspecified atom stereocenters. The summed E-state index contributed by atoms with van der Waals surface area (Å²) < 4.78 is 0. The summed E-state index contributed by atoms with van der Waals surface area (Å²) in [6.07, 6.45) is 0.646. The lowest BCUT2D eigenvalue weighted by Crippen LogP contribution is -2.11. The van der Waals surface area contributed by atoms with Gasteiger partial charge in [-0.3, -0.25) is 0 Å². The van der Waals surface area contributed by atoms with Crippen LogP contribution in [0.25, 0.3) is 0 Å².